The second-order valence-corrected chi connectivity index (χ2v) is 30.7. The lowest BCUT2D eigenvalue weighted by molar-refractivity contribution is -0.130. The molecule has 4 aromatic heterocycles. The molecule has 3 atom stereocenters. The van der Waals surface area contributed by atoms with E-state index in [1.165, 1.54) is 71.2 Å². The maximum Gasteiger partial charge on any atom is 0.287 e. The predicted octanol–water partition coefficient (Wildman–Crippen LogP) is 14.5. The maximum atomic E-state index is 13.5. The van der Waals surface area contributed by atoms with Gasteiger partial charge in [0.1, 0.15) is 28.8 Å². The van der Waals surface area contributed by atoms with Gasteiger partial charge in [-0.15, -0.1) is 30.6 Å². The van der Waals surface area contributed by atoms with E-state index in [1.54, 1.807) is 78.8 Å². The molecular formula is C84H78BrFN16O11S3. The molecule has 27 nitrogen and oxygen atoms in total. The highest BCUT2D eigenvalue weighted by Gasteiger charge is 2.38. The van der Waals surface area contributed by atoms with Gasteiger partial charge in [0.05, 0.1) is 100 Å². The number of benzene rings is 8. The Balaban J connectivity index is 0.000000144. The van der Waals surface area contributed by atoms with Crippen molar-refractivity contribution in [3.63, 3.8) is 0 Å². The summed E-state index contributed by atoms with van der Waals surface area (Å²) < 4.78 is 49.9. The molecule has 116 heavy (non-hydrogen) atoms. The van der Waals surface area contributed by atoms with Gasteiger partial charge in [0.15, 0.2) is 27.7 Å². The zero-order valence-corrected chi connectivity index (χ0v) is 67.8. The Kier molecular flexibility index (Phi) is 25.9. The second kappa shape index (κ2) is 37.3. The van der Waals surface area contributed by atoms with Crippen molar-refractivity contribution in [2.24, 2.45) is 29.4 Å². The zero-order valence-electron chi connectivity index (χ0n) is 63.7. The van der Waals surface area contributed by atoms with E-state index in [0.717, 1.165) is 96.2 Å². The lowest BCUT2D eigenvalue weighted by Gasteiger charge is -2.22. The zero-order chi connectivity index (χ0) is 80.8. The van der Waals surface area contributed by atoms with Crippen LogP contribution in [-0.2, 0) is 41.6 Å². The van der Waals surface area contributed by atoms with Crippen LogP contribution in [0.15, 0.2) is 251 Å². The predicted molar refractivity (Wildman–Crippen MR) is 440 cm³/mol. The van der Waals surface area contributed by atoms with Crippen LogP contribution in [0.2, 0.25) is 0 Å². The quantitative estimate of drug-likeness (QED) is 0.0476. The van der Waals surface area contributed by atoms with Gasteiger partial charge in [-0.2, -0.15) is 15.3 Å². The van der Waals surface area contributed by atoms with Gasteiger partial charge in [-0.25, -0.2) is 19.4 Å². The normalized spacial score (nSPS) is 15.5. The summed E-state index contributed by atoms with van der Waals surface area (Å²) in [5.41, 5.74) is 8.57. The average Bonchev–Trinajstić information content (AvgIpc) is 1.65. The first-order valence-electron chi connectivity index (χ1n) is 36.8. The Hall–Kier alpha value is -12.3. The molecule has 7 heterocycles. The molecule has 3 aliphatic heterocycles. The van der Waals surface area contributed by atoms with E-state index in [2.05, 4.69) is 87.5 Å². The van der Waals surface area contributed by atoms with Crippen LogP contribution in [0.1, 0.15) is 128 Å². The van der Waals surface area contributed by atoms with Crippen LogP contribution in [0.5, 0.6) is 23.0 Å². The van der Waals surface area contributed by atoms with Crippen molar-refractivity contribution in [2.75, 3.05) is 45.7 Å². The number of carbonyl (C=O) groups excluding carboxylic acids is 5. The number of nitrogens with one attached hydrogen (secondary N) is 2. The van der Waals surface area contributed by atoms with Crippen LogP contribution in [0.4, 0.5) is 4.39 Å². The third-order valence-electron chi connectivity index (χ3n) is 19.5. The number of aromatic nitrogens is 8. The van der Waals surface area contributed by atoms with E-state index in [1.807, 2.05) is 133 Å². The largest absolute Gasteiger partial charge is 0.497 e. The number of rotatable bonds is 26. The maximum absolute atomic E-state index is 13.5. The second-order valence-electron chi connectivity index (χ2n) is 26.9. The number of hydrazone groups is 3. The lowest BCUT2D eigenvalue weighted by atomic mass is 9.97. The Bertz CT molecular complexity index is 5590. The number of methoxy groups -OCH3 is 4. The number of halogens is 2. The molecule has 8 aromatic carbocycles. The molecule has 32 heteroatoms. The minimum absolute atomic E-state index is 0.0887. The average molecular weight is 1680 g/mol. The third kappa shape index (κ3) is 19.6. The van der Waals surface area contributed by atoms with Crippen LogP contribution in [-0.4, -0.2) is 147 Å². The van der Waals surface area contributed by atoms with Gasteiger partial charge in [-0.05, 0) is 166 Å². The van der Waals surface area contributed by atoms with Crippen LogP contribution in [0.3, 0.4) is 0 Å². The number of nitrogens with zero attached hydrogens (tertiary/aromatic N) is 14. The van der Waals surface area contributed by atoms with Crippen molar-refractivity contribution in [1.29, 1.82) is 0 Å². The summed E-state index contributed by atoms with van der Waals surface area (Å²) >= 11 is 7.23. The smallest absolute Gasteiger partial charge is 0.287 e. The minimum atomic E-state index is -0.486. The number of hydrogen-bond acceptors (Lipinski definition) is 23. The molecule has 592 valence electrons. The molecule has 0 spiro atoms. The highest BCUT2D eigenvalue weighted by molar-refractivity contribution is 9.10. The Morgan fingerprint density at radius 1 is 0.474 bits per heavy atom. The number of ether oxygens (including phenoxy) is 4. The highest BCUT2D eigenvalue weighted by atomic mass is 79.9. The molecule has 0 bridgehead atoms. The highest BCUT2D eigenvalue weighted by Crippen LogP contribution is 2.42. The SMILES string of the molecule is COc1ccc(C2=NN(C(=O)CSc3nnc(CNC(=O)c4ccco4)n3C)C(c3ccc(OC)cc3)C2)cc1.COc1ccc(C2CC(c3ccc(Br)cc3)=NN2C(=O)CSc2nnc(CNC(=O)c3cccc(F)c3)n2C)cc1.COc1ccc(C2CC(c3ccc4ccccc4c3)=NN2C(=O)CSc2nnc(C3CC3)o2)cc1. The summed E-state index contributed by atoms with van der Waals surface area (Å²) in [5, 5.41) is 53.2. The monoisotopic (exact) mass is 1680 g/mol. The van der Waals surface area contributed by atoms with Crippen molar-refractivity contribution in [3.05, 3.63) is 279 Å². The first-order chi connectivity index (χ1) is 56.5. The molecule has 5 amide bonds. The molecule has 12 aromatic rings. The molecular weight excluding hydrogens is 1600 g/mol. The van der Waals surface area contributed by atoms with Gasteiger partial charge in [-0.1, -0.05) is 142 Å². The molecule has 4 aliphatic rings. The van der Waals surface area contributed by atoms with Crippen LogP contribution in [0, 0.1) is 5.82 Å². The van der Waals surface area contributed by atoms with Gasteiger partial charge in [0.25, 0.3) is 34.8 Å². The fraction of sp³-hybridized carbons (Fsp3) is 0.238. The molecule has 3 unspecified atom stereocenters. The van der Waals surface area contributed by atoms with Crippen molar-refractivity contribution in [1.82, 2.24) is 65.4 Å². The fourth-order valence-corrected chi connectivity index (χ4v) is 15.4. The summed E-state index contributed by atoms with van der Waals surface area (Å²) in [5.74, 6) is 4.01. The number of hydrogen-bond donors (Lipinski definition) is 2. The van der Waals surface area contributed by atoms with Crippen molar-refractivity contribution >= 4 is 109 Å². The van der Waals surface area contributed by atoms with Gasteiger partial charge < -0.3 is 47.5 Å². The van der Waals surface area contributed by atoms with Crippen molar-refractivity contribution in [3.8, 4) is 23.0 Å². The van der Waals surface area contributed by atoms with Gasteiger partial charge in [0, 0.05) is 49.3 Å². The van der Waals surface area contributed by atoms with Crippen molar-refractivity contribution in [2.45, 2.75) is 84.8 Å². The van der Waals surface area contributed by atoms with Gasteiger partial charge >= 0.3 is 0 Å². The number of carbonyl (C=O) groups is 5. The Morgan fingerprint density at radius 2 is 0.922 bits per heavy atom. The molecule has 2 N–H and O–H groups in total. The number of fused-ring (bicyclic) bond motifs is 1. The first-order valence-corrected chi connectivity index (χ1v) is 40.6. The molecule has 1 aliphatic carbocycles. The molecule has 0 radical (unpaired) electrons. The molecule has 1 saturated carbocycles. The molecule has 1 fully saturated rings. The van der Waals surface area contributed by atoms with Gasteiger partial charge in [-0.3, -0.25) is 24.0 Å². The topological polar surface area (TPSA) is 307 Å². The summed E-state index contributed by atoms with van der Waals surface area (Å²) in [6.45, 7) is 0.262. The Morgan fingerprint density at radius 3 is 1.39 bits per heavy atom. The lowest BCUT2D eigenvalue weighted by Crippen LogP contribution is -2.28. The first kappa shape index (κ1) is 80.4. The fourth-order valence-electron chi connectivity index (χ4n) is 12.9. The summed E-state index contributed by atoms with van der Waals surface area (Å²) in [4.78, 5) is 64.9. The van der Waals surface area contributed by atoms with E-state index >= 15 is 0 Å². The summed E-state index contributed by atoms with van der Waals surface area (Å²) in [6, 6.07) is 61.1. The van der Waals surface area contributed by atoms with Gasteiger partial charge in [0.2, 0.25) is 5.89 Å². The number of thioether (sulfide) groups is 3. The van der Waals surface area contributed by atoms with Crippen molar-refractivity contribution < 1.29 is 56.1 Å². The molecule has 0 saturated heterocycles. The van der Waals surface area contributed by atoms with E-state index in [-0.39, 0.29) is 83.4 Å². The summed E-state index contributed by atoms with van der Waals surface area (Å²) in [6.07, 6.45) is 5.39. The number of amides is 5. The standard InChI is InChI=1S/C29H26BrFN6O3S.C28H28N6O5S.C27H24N4O3S/c1-36-26(16-32-28(39)20-4-3-5-22(31)14-20)33-34-29(36)41-17-27(38)37-25(19-8-12-23(40-2)13-9-19)15-24(35-37)18-6-10-21(30)11-7-18;1-33-25(16-29-27(36)24-5-4-14-39-24)30-31-28(33)40-17-26(35)34-23(19-8-12-21(38-3)13-9-19)15-22(32-34)18-6-10-20(37-2)11-7-18;1-33-22-12-10-18(11-13-22)24-15-23(21-9-6-17-4-2-3-5-20(17)14-21)30-31(24)25(32)16-35-27-29-28-26(34-27)19-7-8-19/h3-14,25H,15-17H2,1-2H3,(H,32,39);4-14,23H,15-17H2,1-3H3,(H,29,36);2-6,9-14,19,24H,7-8,15-16H2,1H3. The third-order valence-corrected chi connectivity index (χ3v) is 22.8. The van der Waals surface area contributed by atoms with E-state index in [9.17, 15) is 28.4 Å². The van der Waals surface area contributed by atoms with E-state index < -0.39 is 11.7 Å². The van der Waals surface area contributed by atoms with E-state index in [4.69, 9.17) is 43.1 Å². The summed E-state index contributed by atoms with van der Waals surface area (Å²) in [7, 11) is 10.0. The van der Waals surface area contributed by atoms with Crippen LogP contribution < -0.4 is 29.6 Å². The van der Waals surface area contributed by atoms with Crippen LogP contribution >= 0.6 is 51.2 Å². The Labute approximate surface area is 687 Å². The van der Waals surface area contributed by atoms with Crippen LogP contribution in [0.25, 0.3) is 10.8 Å². The van der Waals surface area contributed by atoms with E-state index in [0.29, 0.717) is 58.3 Å². The minimum Gasteiger partial charge on any atom is -0.497 e. The molecule has 16 rings (SSSR count). The number of furan rings is 1.